The second kappa shape index (κ2) is 9.40. The molecule has 2 aromatic carbocycles. The molecule has 0 aromatic heterocycles. The number of nitrogens with zero attached hydrogens (tertiary/aromatic N) is 2. The Hall–Kier alpha value is -2.82. The molecule has 1 aliphatic rings. The van der Waals surface area contributed by atoms with Gasteiger partial charge < -0.3 is 15.1 Å². The third-order valence-electron chi connectivity index (χ3n) is 5.29. The number of aryl methyl sites for hydroxylation is 1. The van der Waals surface area contributed by atoms with Crippen molar-refractivity contribution in [2.75, 3.05) is 24.5 Å². The second-order valence-electron chi connectivity index (χ2n) is 7.27. The summed E-state index contributed by atoms with van der Waals surface area (Å²) in [6.45, 7) is 6.81. The minimum atomic E-state index is -0.374. The molecule has 0 radical (unpaired) electrons. The quantitative estimate of drug-likeness (QED) is 0.767. The molecule has 0 unspecified atom stereocenters. The number of likely N-dealkylation sites (N-methyl/N-ethyl adjacent to an activating group) is 1. The summed E-state index contributed by atoms with van der Waals surface area (Å²) in [5.74, 6) is 0.00210. The van der Waals surface area contributed by atoms with E-state index in [2.05, 4.69) is 29.3 Å². The van der Waals surface area contributed by atoms with Crippen molar-refractivity contribution in [3.05, 3.63) is 65.7 Å². The van der Waals surface area contributed by atoms with Crippen LogP contribution in [0.4, 0.5) is 5.69 Å². The Morgan fingerprint density at radius 3 is 2.54 bits per heavy atom. The molecule has 28 heavy (non-hydrogen) atoms. The maximum Gasteiger partial charge on any atom is 0.242 e. The van der Waals surface area contributed by atoms with Crippen molar-refractivity contribution in [3.63, 3.8) is 0 Å². The first-order valence-corrected chi connectivity index (χ1v) is 10.0. The number of rotatable bonds is 8. The Morgan fingerprint density at radius 1 is 1.14 bits per heavy atom. The van der Waals surface area contributed by atoms with Gasteiger partial charge in [0.2, 0.25) is 11.8 Å². The zero-order valence-corrected chi connectivity index (χ0v) is 16.7. The van der Waals surface area contributed by atoms with Crippen LogP contribution in [-0.4, -0.2) is 42.4 Å². The minimum Gasteiger partial charge on any atom is -0.370 e. The van der Waals surface area contributed by atoms with Crippen LogP contribution < -0.4 is 10.2 Å². The van der Waals surface area contributed by atoms with E-state index in [1.165, 1.54) is 5.56 Å². The molecule has 1 saturated heterocycles. The van der Waals surface area contributed by atoms with Crippen molar-refractivity contribution in [3.8, 4) is 0 Å². The van der Waals surface area contributed by atoms with Crippen LogP contribution in [0.15, 0.2) is 54.6 Å². The van der Waals surface area contributed by atoms with Gasteiger partial charge in [0.1, 0.15) is 6.04 Å². The molecular weight excluding hydrogens is 350 g/mol. The molecule has 0 bridgehead atoms. The SMILES string of the molecule is CCN(CCNC(=O)[C@@H]1CCC(=O)N1Cc1ccc(C)cc1)c1ccccc1. The normalized spacial score (nSPS) is 16.3. The van der Waals surface area contributed by atoms with Crippen LogP contribution in [0, 0.1) is 6.92 Å². The van der Waals surface area contributed by atoms with E-state index in [1.54, 1.807) is 4.90 Å². The summed E-state index contributed by atoms with van der Waals surface area (Å²) in [4.78, 5) is 29.0. The summed E-state index contributed by atoms with van der Waals surface area (Å²) >= 11 is 0. The summed E-state index contributed by atoms with van der Waals surface area (Å²) in [6.07, 6.45) is 1.03. The van der Waals surface area contributed by atoms with E-state index < -0.39 is 0 Å². The van der Waals surface area contributed by atoms with E-state index in [9.17, 15) is 9.59 Å². The van der Waals surface area contributed by atoms with Gasteiger partial charge in [-0.1, -0.05) is 48.0 Å². The topological polar surface area (TPSA) is 52.7 Å². The number of nitrogens with one attached hydrogen (secondary N) is 1. The number of hydrogen-bond donors (Lipinski definition) is 1. The first kappa shape index (κ1) is 19.9. The van der Waals surface area contributed by atoms with Gasteiger partial charge in [-0.25, -0.2) is 0 Å². The Labute approximate surface area is 167 Å². The van der Waals surface area contributed by atoms with Crippen LogP contribution in [0.3, 0.4) is 0 Å². The summed E-state index contributed by atoms with van der Waals surface area (Å²) in [7, 11) is 0. The Kier molecular flexibility index (Phi) is 6.69. The Balaban J connectivity index is 1.55. The van der Waals surface area contributed by atoms with Crippen molar-refractivity contribution >= 4 is 17.5 Å². The van der Waals surface area contributed by atoms with Gasteiger partial charge in [0.25, 0.3) is 0 Å². The number of likely N-dealkylation sites (tertiary alicyclic amines) is 1. The molecule has 1 heterocycles. The van der Waals surface area contributed by atoms with E-state index in [0.717, 1.165) is 24.3 Å². The minimum absolute atomic E-state index is 0.0536. The van der Waals surface area contributed by atoms with Gasteiger partial charge in [0, 0.05) is 38.3 Å². The zero-order valence-electron chi connectivity index (χ0n) is 16.7. The molecule has 2 amide bonds. The number of anilines is 1. The highest BCUT2D eigenvalue weighted by Gasteiger charge is 2.35. The van der Waals surface area contributed by atoms with E-state index in [1.807, 2.05) is 49.4 Å². The second-order valence-corrected chi connectivity index (χ2v) is 7.27. The molecule has 5 heteroatoms. The monoisotopic (exact) mass is 379 g/mol. The fraction of sp³-hybridized carbons (Fsp3) is 0.391. The standard InChI is InChI=1S/C23H29N3O2/c1-3-25(20-7-5-4-6-8-20)16-15-24-23(28)21-13-14-22(27)26(21)17-19-11-9-18(2)10-12-19/h4-12,21H,3,13-17H2,1-2H3,(H,24,28)/t21-/m0/s1. The molecule has 1 fully saturated rings. The van der Waals surface area contributed by atoms with Gasteiger partial charge >= 0.3 is 0 Å². The van der Waals surface area contributed by atoms with Crippen molar-refractivity contribution in [2.24, 2.45) is 0 Å². The molecular formula is C23H29N3O2. The first-order chi connectivity index (χ1) is 13.6. The Bertz CT molecular complexity index is 789. The summed E-state index contributed by atoms with van der Waals surface area (Å²) in [5, 5.41) is 3.03. The fourth-order valence-corrected chi connectivity index (χ4v) is 3.64. The number of hydrogen-bond acceptors (Lipinski definition) is 3. The lowest BCUT2D eigenvalue weighted by atomic mass is 10.1. The fourth-order valence-electron chi connectivity index (χ4n) is 3.64. The average molecular weight is 380 g/mol. The molecule has 0 aliphatic carbocycles. The number of carbonyl (C=O) groups is 2. The molecule has 5 nitrogen and oxygen atoms in total. The highest BCUT2D eigenvalue weighted by molar-refractivity contribution is 5.90. The highest BCUT2D eigenvalue weighted by atomic mass is 16.2. The lowest BCUT2D eigenvalue weighted by molar-refractivity contribution is -0.135. The lowest BCUT2D eigenvalue weighted by Gasteiger charge is -2.26. The molecule has 1 atom stereocenters. The number of benzene rings is 2. The van der Waals surface area contributed by atoms with Gasteiger partial charge in [-0.05, 0) is 38.0 Å². The molecule has 0 saturated carbocycles. The predicted octanol–water partition coefficient (Wildman–Crippen LogP) is 3.13. The van der Waals surface area contributed by atoms with Crippen LogP contribution >= 0.6 is 0 Å². The Morgan fingerprint density at radius 2 is 1.86 bits per heavy atom. The van der Waals surface area contributed by atoms with Crippen LogP contribution in [0.5, 0.6) is 0 Å². The predicted molar refractivity (Wildman–Crippen MR) is 112 cm³/mol. The first-order valence-electron chi connectivity index (χ1n) is 10.0. The number of carbonyl (C=O) groups excluding carboxylic acids is 2. The third kappa shape index (κ3) is 4.91. The van der Waals surface area contributed by atoms with E-state index in [-0.39, 0.29) is 17.9 Å². The molecule has 148 valence electrons. The third-order valence-corrected chi connectivity index (χ3v) is 5.29. The van der Waals surface area contributed by atoms with Crippen LogP contribution in [0.1, 0.15) is 30.9 Å². The van der Waals surface area contributed by atoms with E-state index in [4.69, 9.17) is 0 Å². The molecule has 3 rings (SSSR count). The van der Waals surface area contributed by atoms with Crippen molar-refractivity contribution in [1.29, 1.82) is 0 Å². The smallest absolute Gasteiger partial charge is 0.242 e. The molecule has 1 N–H and O–H groups in total. The average Bonchev–Trinajstić information content (AvgIpc) is 3.08. The van der Waals surface area contributed by atoms with Gasteiger partial charge in [0.05, 0.1) is 0 Å². The van der Waals surface area contributed by atoms with Gasteiger partial charge in [-0.2, -0.15) is 0 Å². The summed E-state index contributed by atoms with van der Waals surface area (Å²) in [5.41, 5.74) is 3.39. The molecule has 0 spiro atoms. The number of para-hydroxylation sites is 1. The molecule has 1 aliphatic heterocycles. The van der Waals surface area contributed by atoms with Crippen LogP contribution in [0.2, 0.25) is 0 Å². The lowest BCUT2D eigenvalue weighted by Crippen LogP contribution is -2.46. The van der Waals surface area contributed by atoms with Crippen molar-refractivity contribution < 1.29 is 9.59 Å². The zero-order chi connectivity index (χ0) is 19.9. The molecule has 2 aromatic rings. The van der Waals surface area contributed by atoms with Crippen LogP contribution in [-0.2, 0) is 16.1 Å². The highest BCUT2D eigenvalue weighted by Crippen LogP contribution is 2.22. The summed E-state index contributed by atoms with van der Waals surface area (Å²) < 4.78 is 0. The largest absolute Gasteiger partial charge is 0.370 e. The number of amides is 2. The van der Waals surface area contributed by atoms with Gasteiger partial charge in [-0.15, -0.1) is 0 Å². The van der Waals surface area contributed by atoms with E-state index in [0.29, 0.717) is 25.9 Å². The van der Waals surface area contributed by atoms with Crippen molar-refractivity contribution in [2.45, 2.75) is 39.3 Å². The van der Waals surface area contributed by atoms with Gasteiger partial charge in [-0.3, -0.25) is 9.59 Å². The van der Waals surface area contributed by atoms with Gasteiger partial charge in [0.15, 0.2) is 0 Å². The summed E-state index contributed by atoms with van der Waals surface area (Å²) in [6, 6.07) is 17.9. The van der Waals surface area contributed by atoms with Crippen molar-refractivity contribution in [1.82, 2.24) is 10.2 Å². The van der Waals surface area contributed by atoms with Crippen LogP contribution in [0.25, 0.3) is 0 Å². The van der Waals surface area contributed by atoms with E-state index >= 15 is 0 Å². The maximum absolute atomic E-state index is 12.7. The maximum atomic E-state index is 12.7.